The number of carbonyl (C=O) groups is 3. The predicted molar refractivity (Wildman–Crippen MR) is 159 cm³/mol. The Morgan fingerprint density at radius 2 is 1.63 bits per heavy atom. The molecule has 202 valence electrons. The van der Waals surface area contributed by atoms with E-state index in [0.717, 1.165) is 11.3 Å². The fraction of sp³-hybridized carbons (Fsp3) is 0.147. The molecule has 1 N–H and O–H groups in total. The minimum atomic E-state index is -1.36. The molecule has 0 aliphatic carbocycles. The largest absolute Gasteiger partial charge is 0.497 e. The van der Waals surface area contributed by atoms with Gasteiger partial charge in [-0.3, -0.25) is 14.4 Å². The molecule has 0 unspecified atom stereocenters. The summed E-state index contributed by atoms with van der Waals surface area (Å²) >= 11 is 6.17. The molecule has 4 aromatic rings. The van der Waals surface area contributed by atoms with Crippen LogP contribution in [0, 0.1) is 5.92 Å². The summed E-state index contributed by atoms with van der Waals surface area (Å²) in [6.45, 7) is 0. The first-order valence-corrected chi connectivity index (χ1v) is 13.8. The second kappa shape index (κ2) is 9.46. The number of methoxy groups -OCH3 is 1. The summed E-state index contributed by atoms with van der Waals surface area (Å²) in [6, 6.07) is 27.2. The smallest absolute Gasteiger partial charge is 0.238 e. The van der Waals surface area contributed by atoms with E-state index in [1.165, 1.54) is 0 Å². The number of hydrogen-bond donors (Lipinski definition) is 1. The van der Waals surface area contributed by atoms with Crippen molar-refractivity contribution < 1.29 is 19.1 Å². The summed E-state index contributed by atoms with van der Waals surface area (Å²) in [5, 5.41) is 3.54. The average Bonchev–Trinajstić information content (AvgIpc) is 3.49. The van der Waals surface area contributed by atoms with Gasteiger partial charge in [0.15, 0.2) is 11.6 Å². The molecule has 7 heteroatoms. The number of ketones is 2. The van der Waals surface area contributed by atoms with E-state index < -0.39 is 23.4 Å². The van der Waals surface area contributed by atoms with Gasteiger partial charge in [0.2, 0.25) is 5.91 Å². The number of Topliss-reactive ketones (excluding diaryl/α,β-unsaturated/α-hetero) is 2. The van der Waals surface area contributed by atoms with Crippen molar-refractivity contribution in [1.82, 2.24) is 0 Å². The van der Waals surface area contributed by atoms with Gasteiger partial charge < -0.3 is 15.0 Å². The number of fused-ring (bicyclic) bond motifs is 6. The molecule has 1 spiro atoms. The molecule has 1 amide bonds. The molecular weight excluding hydrogens is 536 g/mol. The van der Waals surface area contributed by atoms with Gasteiger partial charge in [0.25, 0.3) is 0 Å². The lowest BCUT2D eigenvalue weighted by Gasteiger charge is -2.37. The van der Waals surface area contributed by atoms with E-state index in [1.54, 1.807) is 55.6 Å². The monoisotopic (exact) mass is 560 g/mol. The molecule has 1 fully saturated rings. The number of carbonyl (C=O) groups excluding carboxylic acids is 3. The summed E-state index contributed by atoms with van der Waals surface area (Å²) in [4.78, 5) is 45.8. The number of rotatable bonds is 5. The van der Waals surface area contributed by atoms with Gasteiger partial charge in [-0.1, -0.05) is 72.3 Å². The number of anilines is 2. The Balaban J connectivity index is 1.53. The zero-order chi connectivity index (χ0) is 28.3. The Morgan fingerprint density at radius 3 is 2.44 bits per heavy atom. The Bertz CT molecular complexity index is 1760. The standard InChI is InChI=1S/C34H25ClN2O4/c1-41-24-9-6-8-22(19-24)32(39)30-29(31(38)21-13-16-23(35)17-14-21)34(25-10-3-4-11-26(25)36-33(34)40)28-18-15-20-7-2-5-12-27(20)37(28)30/h2-19,28-30H,1H3,(H,36,40)/t28-,29-,30-,34-/m1/s1. The molecule has 0 bridgehead atoms. The van der Waals surface area contributed by atoms with Crippen LogP contribution in [-0.4, -0.2) is 36.7 Å². The van der Waals surface area contributed by atoms with Gasteiger partial charge in [-0.15, -0.1) is 0 Å². The lowest BCUT2D eigenvalue weighted by molar-refractivity contribution is -0.121. The number of halogens is 1. The predicted octanol–water partition coefficient (Wildman–Crippen LogP) is 6.20. The van der Waals surface area contributed by atoms with Gasteiger partial charge in [-0.25, -0.2) is 0 Å². The Kier molecular flexibility index (Phi) is 5.84. The molecule has 4 aromatic carbocycles. The number of nitrogens with one attached hydrogen (secondary N) is 1. The normalized spacial score (nSPS) is 23.5. The first-order chi connectivity index (χ1) is 19.9. The molecule has 0 saturated carbocycles. The van der Waals surface area contributed by atoms with Crippen molar-refractivity contribution in [3.05, 3.63) is 130 Å². The second-order valence-electron chi connectivity index (χ2n) is 10.5. The highest BCUT2D eigenvalue weighted by Gasteiger charge is 2.70. The molecule has 6 nitrogen and oxygen atoms in total. The highest BCUT2D eigenvalue weighted by atomic mass is 35.5. The zero-order valence-electron chi connectivity index (χ0n) is 22.1. The molecule has 4 atom stereocenters. The minimum absolute atomic E-state index is 0.264. The van der Waals surface area contributed by atoms with Gasteiger partial charge in [0.05, 0.1) is 19.1 Å². The molecule has 3 aliphatic rings. The lowest BCUT2D eigenvalue weighted by atomic mass is 9.64. The average molecular weight is 561 g/mol. The first-order valence-electron chi connectivity index (χ1n) is 13.4. The third-order valence-corrected chi connectivity index (χ3v) is 8.83. The number of benzene rings is 4. The van der Waals surface area contributed by atoms with Gasteiger partial charge in [-0.05, 0) is 59.7 Å². The summed E-state index contributed by atoms with van der Waals surface area (Å²) < 4.78 is 5.42. The summed E-state index contributed by atoms with van der Waals surface area (Å²) in [5.41, 5.74) is 2.48. The number of nitrogens with zero attached hydrogens (tertiary/aromatic N) is 1. The van der Waals surface area contributed by atoms with Crippen LogP contribution >= 0.6 is 11.6 Å². The maximum Gasteiger partial charge on any atom is 0.238 e. The molecule has 41 heavy (non-hydrogen) atoms. The van der Waals surface area contributed by atoms with Crippen LogP contribution in [0.3, 0.4) is 0 Å². The van der Waals surface area contributed by atoms with Crippen molar-refractivity contribution in [3.63, 3.8) is 0 Å². The van der Waals surface area contributed by atoms with Gasteiger partial charge >= 0.3 is 0 Å². The van der Waals surface area contributed by atoms with Crippen LogP contribution in [-0.2, 0) is 10.2 Å². The Hall–Kier alpha value is -4.68. The molecule has 0 aromatic heterocycles. The molecule has 0 radical (unpaired) electrons. The maximum atomic E-state index is 14.7. The van der Waals surface area contributed by atoms with Crippen LogP contribution in [0.5, 0.6) is 5.75 Å². The van der Waals surface area contributed by atoms with Crippen molar-refractivity contribution >= 4 is 46.5 Å². The molecular formula is C34H25ClN2O4. The van der Waals surface area contributed by atoms with Crippen LogP contribution in [0.2, 0.25) is 5.02 Å². The quantitative estimate of drug-likeness (QED) is 0.294. The van der Waals surface area contributed by atoms with Crippen molar-refractivity contribution in [3.8, 4) is 5.75 Å². The number of amides is 1. The fourth-order valence-corrected chi connectivity index (χ4v) is 6.99. The van der Waals surface area contributed by atoms with Crippen LogP contribution in [0.15, 0.2) is 103 Å². The van der Waals surface area contributed by atoms with Crippen molar-refractivity contribution in [1.29, 1.82) is 0 Å². The third kappa shape index (κ3) is 3.60. The van der Waals surface area contributed by atoms with Gasteiger partial charge in [-0.2, -0.15) is 0 Å². The van der Waals surface area contributed by atoms with E-state index in [1.807, 2.05) is 65.6 Å². The van der Waals surface area contributed by atoms with E-state index in [2.05, 4.69) is 5.32 Å². The molecule has 1 saturated heterocycles. The van der Waals surface area contributed by atoms with Gasteiger partial charge in [0, 0.05) is 27.5 Å². The zero-order valence-corrected chi connectivity index (χ0v) is 22.8. The Labute approximate surface area is 242 Å². The SMILES string of the molecule is COc1cccc(C(=O)[C@H]2[C@H](C(=O)c3ccc(Cl)cc3)[C@]3(C(=O)Nc4ccccc43)[C@H]3C=Cc4ccccc4N23)c1. The van der Waals surface area contributed by atoms with Crippen molar-refractivity contribution in [2.24, 2.45) is 5.92 Å². The first kappa shape index (κ1) is 25.3. The number of hydrogen-bond acceptors (Lipinski definition) is 5. The maximum absolute atomic E-state index is 14.7. The lowest BCUT2D eigenvalue weighted by Crippen LogP contribution is -2.51. The van der Waals surface area contributed by atoms with Gasteiger partial charge in [0.1, 0.15) is 17.2 Å². The van der Waals surface area contributed by atoms with Crippen LogP contribution in [0.4, 0.5) is 11.4 Å². The number of ether oxygens (including phenoxy) is 1. The van der Waals surface area contributed by atoms with Crippen molar-refractivity contribution in [2.45, 2.75) is 17.5 Å². The fourth-order valence-electron chi connectivity index (χ4n) is 6.86. The summed E-state index contributed by atoms with van der Waals surface area (Å²) in [5.74, 6) is -1.38. The van der Waals surface area contributed by atoms with E-state index >= 15 is 0 Å². The minimum Gasteiger partial charge on any atom is -0.497 e. The summed E-state index contributed by atoms with van der Waals surface area (Å²) in [7, 11) is 1.54. The van der Waals surface area contributed by atoms with E-state index in [9.17, 15) is 14.4 Å². The highest BCUT2D eigenvalue weighted by molar-refractivity contribution is 6.30. The van der Waals surface area contributed by atoms with E-state index in [-0.39, 0.29) is 17.5 Å². The number of para-hydroxylation sites is 2. The molecule has 3 heterocycles. The summed E-state index contributed by atoms with van der Waals surface area (Å²) in [6.07, 6.45) is 3.94. The molecule has 3 aliphatic heterocycles. The van der Waals surface area contributed by atoms with Crippen LogP contribution in [0.1, 0.15) is 31.8 Å². The Morgan fingerprint density at radius 1 is 0.878 bits per heavy atom. The van der Waals surface area contributed by atoms with E-state index in [4.69, 9.17) is 16.3 Å². The van der Waals surface area contributed by atoms with Crippen LogP contribution < -0.4 is 15.0 Å². The van der Waals surface area contributed by atoms with Crippen molar-refractivity contribution in [2.75, 3.05) is 17.3 Å². The third-order valence-electron chi connectivity index (χ3n) is 8.58. The molecule has 7 rings (SSSR count). The highest BCUT2D eigenvalue weighted by Crippen LogP contribution is 2.58. The topological polar surface area (TPSA) is 75.7 Å². The van der Waals surface area contributed by atoms with E-state index in [0.29, 0.717) is 33.1 Å². The van der Waals surface area contributed by atoms with Crippen LogP contribution in [0.25, 0.3) is 6.08 Å². The second-order valence-corrected chi connectivity index (χ2v) is 11.0.